The van der Waals surface area contributed by atoms with Gasteiger partial charge in [0.2, 0.25) is 15.9 Å². The molecule has 156 valence electrons. The van der Waals surface area contributed by atoms with Gasteiger partial charge in [-0.15, -0.1) is 0 Å². The Morgan fingerprint density at radius 1 is 1.07 bits per heavy atom. The molecule has 0 bridgehead atoms. The number of carbonyl (C=O) groups is 1. The minimum absolute atomic E-state index is 0.193. The Hall–Kier alpha value is -2.25. The highest BCUT2D eigenvalue weighted by Crippen LogP contribution is 2.25. The van der Waals surface area contributed by atoms with Crippen molar-refractivity contribution in [3.05, 3.63) is 58.6 Å². The summed E-state index contributed by atoms with van der Waals surface area (Å²) in [5.41, 5.74) is 3.34. The number of benzene rings is 2. The third-order valence-corrected chi connectivity index (χ3v) is 6.48. The Kier molecular flexibility index (Phi) is 6.39. The number of anilines is 2. The lowest BCUT2D eigenvalue weighted by molar-refractivity contribution is -0.129. The van der Waals surface area contributed by atoms with E-state index < -0.39 is 10.0 Å². The van der Waals surface area contributed by atoms with Crippen molar-refractivity contribution in [3.8, 4) is 0 Å². The number of rotatable bonds is 5. The first kappa shape index (κ1) is 21.5. The van der Waals surface area contributed by atoms with Gasteiger partial charge in [0.05, 0.1) is 11.9 Å². The van der Waals surface area contributed by atoms with Crippen LogP contribution in [0.2, 0.25) is 5.02 Å². The van der Waals surface area contributed by atoms with E-state index in [1.807, 2.05) is 50.2 Å². The van der Waals surface area contributed by atoms with Crippen molar-refractivity contribution in [3.63, 3.8) is 0 Å². The largest absolute Gasteiger partial charge is 0.368 e. The number of halogens is 1. The fourth-order valence-electron chi connectivity index (χ4n) is 3.48. The maximum atomic E-state index is 12.9. The molecule has 1 amide bonds. The molecule has 0 unspecified atom stereocenters. The standard InChI is InChI=1S/C21H26ClN3O3S/c1-16-7-8-17(2)20(13-16)25(29(3,27)28)15-21(26)24-11-9-23(10-12-24)19-6-4-5-18(22)14-19/h4-8,13-14H,9-12,15H2,1-3H3. The number of sulfonamides is 1. The average molecular weight is 436 g/mol. The van der Waals surface area contributed by atoms with Crippen LogP contribution in [0, 0.1) is 13.8 Å². The number of nitrogens with zero attached hydrogens (tertiary/aromatic N) is 3. The summed E-state index contributed by atoms with van der Waals surface area (Å²) in [4.78, 5) is 16.8. The van der Waals surface area contributed by atoms with Crippen molar-refractivity contribution in [2.75, 3.05) is 48.2 Å². The molecular formula is C21H26ClN3O3S. The summed E-state index contributed by atoms with van der Waals surface area (Å²) in [7, 11) is -3.59. The molecule has 1 aliphatic rings. The highest BCUT2D eigenvalue weighted by molar-refractivity contribution is 7.92. The fraction of sp³-hybridized carbons (Fsp3) is 0.381. The maximum Gasteiger partial charge on any atom is 0.243 e. The highest BCUT2D eigenvalue weighted by atomic mass is 35.5. The van der Waals surface area contributed by atoms with Crippen molar-refractivity contribution in [2.24, 2.45) is 0 Å². The summed E-state index contributed by atoms with van der Waals surface area (Å²) in [5.74, 6) is -0.193. The quantitative estimate of drug-likeness (QED) is 0.724. The van der Waals surface area contributed by atoms with E-state index in [-0.39, 0.29) is 12.5 Å². The predicted molar refractivity (Wildman–Crippen MR) is 118 cm³/mol. The van der Waals surface area contributed by atoms with Gasteiger partial charge in [0, 0.05) is 36.9 Å². The molecule has 1 heterocycles. The van der Waals surface area contributed by atoms with Crippen LogP contribution in [-0.2, 0) is 14.8 Å². The van der Waals surface area contributed by atoms with Crippen LogP contribution < -0.4 is 9.21 Å². The van der Waals surface area contributed by atoms with Crippen molar-refractivity contribution < 1.29 is 13.2 Å². The second-order valence-corrected chi connectivity index (χ2v) is 9.75. The van der Waals surface area contributed by atoms with Gasteiger partial charge in [0.15, 0.2) is 0 Å². The van der Waals surface area contributed by atoms with Gasteiger partial charge in [-0.05, 0) is 49.2 Å². The second kappa shape index (κ2) is 8.63. The molecule has 0 spiro atoms. The normalized spacial score (nSPS) is 14.8. The summed E-state index contributed by atoms with van der Waals surface area (Å²) >= 11 is 6.07. The van der Waals surface area contributed by atoms with E-state index in [2.05, 4.69) is 4.90 Å². The van der Waals surface area contributed by atoms with E-state index >= 15 is 0 Å². The number of hydrogen-bond donors (Lipinski definition) is 0. The average Bonchev–Trinajstić information content (AvgIpc) is 2.67. The van der Waals surface area contributed by atoms with Crippen molar-refractivity contribution >= 4 is 38.9 Å². The van der Waals surface area contributed by atoms with Crippen LogP contribution in [0.15, 0.2) is 42.5 Å². The first-order valence-electron chi connectivity index (χ1n) is 9.48. The van der Waals surface area contributed by atoms with Crippen LogP contribution >= 0.6 is 11.6 Å². The molecule has 0 radical (unpaired) electrons. The van der Waals surface area contributed by atoms with Crippen molar-refractivity contribution in [1.82, 2.24) is 4.90 Å². The zero-order chi connectivity index (χ0) is 21.2. The van der Waals surface area contributed by atoms with Crippen LogP contribution in [0.5, 0.6) is 0 Å². The first-order valence-corrected chi connectivity index (χ1v) is 11.7. The minimum atomic E-state index is -3.59. The smallest absolute Gasteiger partial charge is 0.243 e. The van der Waals surface area contributed by atoms with Gasteiger partial charge in [0.1, 0.15) is 6.54 Å². The summed E-state index contributed by atoms with van der Waals surface area (Å²) in [6, 6.07) is 13.2. The van der Waals surface area contributed by atoms with E-state index in [9.17, 15) is 13.2 Å². The number of aryl methyl sites for hydroxylation is 2. The van der Waals surface area contributed by atoms with Crippen LogP contribution in [-0.4, -0.2) is 58.2 Å². The number of amides is 1. The van der Waals surface area contributed by atoms with Gasteiger partial charge < -0.3 is 9.80 Å². The lowest BCUT2D eigenvalue weighted by Crippen LogP contribution is -2.52. The van der Waals surface area contributed by atoms with Crippen LogP contribution in [0.4, 0.5) is 11.4 Å². The van der Waals surface area contributed by atoms with Gasteiger partial charge in [0.25, 0.3) is 0 Å². The molecule has 3 rings (SSSR count). The molecule has 2 aromatic rings. The molecule has 1 saturated heterocycles. The molecule has 0 N–H and O–H groups in total. The lowest BCUT2D eigenvalue weighted by atomic mass is 10.1. The molecule has 2 aromatic carbocycles. The molecular weight excluding hydrogens is 410 g/mol. The third kappa shape index (κ3) is 5.22. The Labute approximate surface area is 177 Å². The lowest BCUT2D eigenvalue weighted by Gasteiger charge is -2.37. The molecule has 29 heavy (non-hydrogen) atoms. The van der Waals surface area contributed by atoms with Gasteiger partial charge in [-0.25, -0.2) is 8.42 Å². The summed E-state index contributed by atoms with van der Waals surface area (Å²) < 4.78 is 26.0. The summed E-state index contributed by atoms with van der Waals surface area (Å²) in [6.45, 7) is 5.98. The zero-order valence-electron chi connectivity index (χ0n) is 16.9. The highest BCUT2D eigenvalue weighted by Gasteiger charge is 2.27. The summed E-state index contributed by atoms with van der Waals surface area (Å²) in [5, 5.41) is 0.679. The van der Waals surface area contributed by atoms with Gasteiger partial charge >= 0.3 is 0 Å². The molecule has 6 nitrogen and oxygen atoms in total. The molecule has 0 atom stereocenters. The predicted octanol–water partition coefficient (Wildman–Crippen LogP) is 3.07. The molecule has 0 saturated carbocycles. The molecule has 8 heteroatoms. The number of piperazine rings is 1. The SMILES string of the molecule is Cc1ccc(C)c(N(CC(=O)N2CCN(c3cccc(Cl)c3)CC2)S(C)(=O)=O)c1. The maximum absolute atomic E-state index is 12.9. The minimum Gasteiger partial charge on any atom is -0.368 e. The summed E-state index contributed by atoms with van der Waals surface area (Å²) in [6.07, 6.45) is 1.14. The Bertz CT molecular complexity index is 1000. The van der Waals surface area contributed by atoms with Gasteiger partial charge in [-0.1, -0.05) is 29.8 Å². The van der Waals surface area contributed by atoms with E-state index in [1.165, 1.54) is 4.31 Å². The van der Waals surface area contributed by atoms with Gasteiger partial charge in [-0.2, -0.15) is 0 Å². The molecule has 1 fully saturated rings. The van der Waals surface area contributed by atoms with E-state index in [0.29, 0.717) is 36.9 Å². The fourth-order valence-corrected chi connectivity index (χ4v) is 4.56. The van der Waals surface area contributed by atoms with Crippen LogP contribution in [0.25, 0.3) is 0 Å². The second-order valence-electron chi connectivity index (χ2n) is 7.41. The molecule has 0 aromatic heterocycles. The molecule has 0 aliphatic carbocycles. The molecule has 1 aliphatic heterocycles. The zero-order valence-corrected chi connectivity index (χ0v) is 18.5. The Morgan fingerprint density at radius 3 is 2.38 bits per heavy atom. The van der Waals surface area contributed by atoms with Crippen molar-refractivity contribution in [1.29, 1.82) is 0 Å². The topological polar surface area (TPSA) is 60.9 Å². The monoisotopic (exact) mass is 435 g/mol. The van der Waals surface area contributed by atoms with E-state index in [4.69, 9.17) is 11.6 Å². The third-order valence-electron chi connectivity index (χ3n) is 5.12. The van der Waals surface area contributed by atoms with Crippen molar-refractivity contribution in [2.45, 2.75) is 13.8 Å². The Balaban J connectivity index is 1.70. The number of carbonyl (C=O) groups excluding carboxylic acids is 1. The van der Waals surface area contributed by atoms with Gasteiger partial charge in [-0.3, -0.25) is 9.10 Å². The van der Waals surface area contributed by atoms with E-state index in [0.717, 1.165) is 23.1 Å². The number of hydrogen-bond acceptors (Lipinski definition) is 4. The Morgan fingerprint density at radius 2 is 1.76 bits per heavy atom. The first-order chi connectivity index (χ1) is 13.6. The van der Waals surface area contributed by atoms with E-state index in [1.54, 1.807) is 11.0 Å². The van der Waals surface area contributed by atoms with Crippen LogP contribution in [0.1, 0.15) is 11.1 Å². The van der Waals surface area contributed by atoms with Crippen LogP contribution in [0.3, 0.4) is 0 Å².